The standard InChI is InChI=1S/C42H30N12O6S2/c1-59-37-23-29(11-21-35(37)51-47-41(27-7-3-25(4-8-27)39(43)61)45-49(51)31-13-17-33(18-14-31)53(55)56)30-12-22-36(38(24-30)60-2)52-48-42(28-9-5-26(6-10-28)40(44)62)46-50(52)32-15-19-34(20-16-32)54(57)58/h3-24H,1-2H3,(H2-2,43,44,61,62). The van der Waals surface area contributed by atoms with Crippen molar-refractivity contribution in [3.63, 3.8) is 0 Å². The zero-order valence-corrected chi connectivity index (χ0v) is 34.1. The molecule has 0 aliphatic rings. The summed E-state index contributed by atoms with van der Waals surface area (Å²) in [5.41, 5.74) is 5.71. The summed E-state index contributed by atoms with van der Waals surface area (Å²) in [6.45, 7) is 0. The molecule has 306 valence electrons. The van der Waals surface area contributed by atoms with Crippen LogP contribution in [0.1, 0.15) is 11.1 Å². The fourth-order valence-electron chi connectivity index (χ4n) is 6.45. The Morgan fingerprint density at radius 3 is 1.19 bits per heavy atom. The van der Waals surface area contributed by atoms with E-state index in [-0.39, 0.29) is 21.5 Å². The zero-order valence-electron chi connectivity index (χ0n) is 32.4. The molecule has 0 atom stereocenters. The highest BCUT2D eigenvalue weighted by Gasteiger charge is 2.29. The topological polar surface area (TPSA) is 222 Å². The molecular weight excluding hydrogens is 833 g/mol. The van der Waals surface area contributed by atoms with Crippen molar-refractivity contribution in [2.75, 3.05) is 14.2 Å². The normalized spacial score (nSPS) is 10.9. The molecule has 2 aromatic heterocycles. The van der Waals surface area contributed by atoms with Gasteiger partial charge < -0.3 is 45.5 Å². The van der Waals surface area contributed by atoms with Gasteiger partial charge >= 0.3 is 11.6 Å². The lowest BCUT2D eigenvalue weighted by Crippen LogP contribution is -2.43. The maximum atomic E-state index is 11.4. The number of nitrogens with one attached hydrogen (secondary N) is 2. The van der Waals surface area contributed by atoms with Crippen molar-refractivity contribution >= 4 is 46.7 Å². The van der Waals surface area contributed by atoms with Crippen molar-refractivity contribution in [1.82, 2.24) is 30.0 Å². The highest BCUT2D eigenvalue weighted by Crippen LogP contribution is 2.32. The van der Waals surface area contributed by atoms with Crippen LogP contribution in [0.3, 0.4) is 0 Å². The van der Waals surface area contributed by atoms with Crippen molar-refractivity contribution in [2.45, 2.75) is 0 Å². The van der Waals surface area contributed by atoms with Crippen LogP contribution in [0.15, 0.2) is 133 Å². The van der Waals surface area contributed by atoms with Crippen LogP contribution in [0.2, 0.25) is 0 Å². The Bertz CT molecular complexity index is 2840. The third-order valence-electron chi connectivity index (χ3n) is 9.63. The molecular formula is C42H30N12O6S2. The van der Waals surface area contributed by atoms with Gasteiger partial charge in [0.15, 0.2) is 11.5 Å². The van der Waals surface area contributed by atoms with E-state index < -0.39 is 9.85 Å². The number of nitro benzene ring substituents is 2. The third-order valence-corrected chi connectivity index (χ3v) is 10.1. The summed E-state index contributed by atoms with van der Waals surface area (Å²) in [7, 11) is 3.05. The molecule has 0 saturated heterocycles. The van der Waals surface area contributed by atoms with Crippen molar-refractivity contribution in [2.24, 2.45) is 0 Å². The molecule has 2 heterocycles. The van der Waals surface area contributed by atoms with E-state index in [0.29, 0.717) is 68.2 Å². The molecule has 0 unspecified atom stereocenters. The van der Waals surface area contributed by atoms with E-state index in [4.69, 9.17) is 65.9 Å². The first-order chi connectivity index (χ1) is 29.9. The molecule has 2 N–H and O–H groups in total. The first-order valence-corrected chi connectivity index (χ1v) is 19.1. The Hall–Kier alpha value is -8.36. The average molecular weight is 863 g/mol. The largest absolute Gasteiger partial charge is 0.760 e. The first kappa shape index (κ1) is 40.4. The Morgan fingerprint density at radius 1 is 0.548 bits per heavy atom. The predicted molar refractivity (Wildman–Crippen MR) is 230 cm³/mol. The summed E-state index contributed by atoms with van der Waals surface area (Å²) in [6.07, 6.45) is 0. The quantitative estimate of drug-likeness (QED) is 0.0341. The highest BCUT2D eigenvalue weighted by atomic mass is 32.1. The molecule has 0 aliphatic heterocycles. The molecule has 62 heavy (non-hydrogen) atoms. The molecule has 0 bridgehead atoms. The molecule has 0 spiro atoms. The minimum Gasteiger partial charge on any atom is -0.760 e. The number of nitro groups is 2. The number of methoxy groups -OCH3 is 2. The molecule has 8 aromatic rings. The van der Waals surface area contributed by atoms with Crippen LogP contribution < -0.4 is 19.1 Å². The molecule has 0 fully saturated rings. The average Bonchev–Trinajstić information content (AvgIpc) is 3.95. The van der Waals surface area contributed by atoms with E-state index in [1.54, 1.807) is 72.8 Å². The Morgan fingerprint density at radius 2 is 0.887 bits per heavy atom. The predicted octanol–water partition coefficient (Wildman–Crippen LogP) is 5.98. The van der Waals surface area contributed by atoms with Gasteiger partial charge in [0.1, 0.15) is 11.4 Å². The van der Waals surface area contributed by atoms with Gasteiger partial charge in [-0.3, -0.25) is 20.2 Å². The van der Waals surface area contributed by atoms with Crippen LogP contribution in [0, 0.1) is 31.0 Å². The van der Waals surface area contributed by atoms with Crippen LogP contribution in [-0.4, -0.2) is 64.1 Å². The smallest absolute Gasteiger partial charge is 0.340 e. The summed E-state index contributed by atoms with van der Waals surface area (Å²) in [5.74, 6) is 1.49. The second-order valence-electron chi connectivity index (χ2n) is 13.3. The van der Waals surface area contributed by atoms with Crippen LogP contribution in [-0.2, 0) is 25.3 Å². The second-order valence-corrected chi connectivity index (χ2v) is 14.2. The van der Waals surface area contributed by atoms with Crippen LogP contribution in [0.4, 0.5) is 11.4 Å². The monoisotopic (exact) mass is 862 g/mol. The van der Waals surface area contributed by atoms with Crippen molar-refractivity contribution in [3.8, 4) is 68.2 Å². The van der Waals surface area contributed by atoms with Gasteiger partial charge in [0.25, 0.3) is 11.4 Å². The summed E-state index contributed by atoms with van der Waals surface area (Å²) >= 11 is 10.0. The van der Waals surface area contributed by atoms with E-state index in [0.717, 1.165) is 11.1 Å². The number of non-ortho nitro benzene ring substituents is 2. The van der Waals surface area contributed by atoms with Crippen molar-refractivity contribution in [3.05, 3.63) is 165 Å². The van der Waals surface area contributed by atoms with Crippen LogP contribution in [0.5, 0.6) is 11.5 Å². The third kappa shape index (κ3) is 7.88. The van der Waals surface area contributed by atoms with Gasteiger partial charge in [-0.15, -0.1) is 0 Å². The lowest BCUT2D eigenvalue weighted by Gasteiger charge is -2.11. The number of hydrogen-bond acceptors (Lipinski definition) is 14. The van der Waals surface area contributed by atoms with Gasteiger partial charge in [0, 0.05) is 33.9 Å². The fraction of sp³-hybridized carbons (Fsp3) is 0.0476. The molecule has 0 amide bonds. The number of hydrogen-bond donors (Lipinski definition) is 2. The lowest BCUT2D eigenvalue weighted by molar-refractivity contribution is -0.734. The van der Waals surface area contributed by atoms with Crippen LogP contribution >= 0.6 is 0 Å². The van der Waals surface area contributed by atoms with E-state index in [1.807, 2.05) is 36.4 Å². The lowest BCUT2D eigenvalue weighted by atomic mass is 10.0. The SMILES string of the molecule is COc1cc(-c2ccc(-[n+]3nc(-c4ccc(C(=N)[S-])cc4)nn3-c3ccc([N+](=O)[O-])cc3)c(OC)c2)ccc1-[n+]1nc(-c2ccc(C(=N)[S-])cc2)nn1-c1ccc([N+](=O)[O-])cc1. The minimum absolute atomic E-state index is 0.000936. The molecule has 6 aromatic carbocycles. The highest BCUT2D eigenvalue weighted by molar-refractivity contribution is 7.78. The van der Waals surface area contributed by atoms with Gasteiger partial charge in [0.05, 0.1) is 45.4 Å². The van der Waals surface area contributed by atoms with Crippen molar-refractivity contribution < 1.29 is 28.9 Å². The number of tetrazole rings is 2. The maximum absolute atomic E-state index is 11.4. The first-order valence-electron chi connectivity index (χ1n) is 18.3. The van der Waals surface area contributed by atoms with Crippen LogP contribution in [0.25, 0.3) is 56.7 Å². The van der Waals surface area contributed by atoms with Gasteiger partial charge in [-0.05, 0) is 127 Å². The fourth-order valence-corrected chi connectivity index (χ4v) is 6.72. The summed E-state index contributed by atoms with van der Waals surface area (Å²) in [6, 6.07) is 36.7. The van der Waals surface area contributed by atoms with E-state index >= 15 is 0 Å². The van der Waals surface area contributed by atoms with E-state index in [1.165, 1.54) is 57.7 Å². The number of ether oxygens (including phenoxy) is 2. The minimum atomic E-state index is -0.482. The Balaban J connectivity index is 1.20. The summed E-state index contributed by atoms with van der Waals surface area (Å²) in [4.78, 5) is 28.0. The Labute approximate surface area is 362 Å². The molecule has 18 nitrogen and oxygen atoms in total. The molecule has 0 aliphatic carbocycles. The number of benzene rings is 6. The second kappa shape index (κ2) is 16.7. The van der Waals surface area contributed by atoms with E-state index in [2.05, 4.69) is 0 Å². The molecule has 8 rings (SSSR count). The number of aromatic nitrogens is 8. The molecule has 20 heteroatoms. The van der Waals surface area contributed by atoms with Gasteiger partial charge in [-0.1, -0.05) is 34.4 Å². The molecule has 0 saturated carbocycles. The van der Waals surface area contributed by atoms with Gasteiger partial charge in [-0.25, -0.2) is 0 Å². The molecule has 0 radical (unpaired) electrons. The van der Waals surface area contributed by atoms with Gasteiger partial charge in [-0.2, -0.15) is 0 Å². The zero-order chi connectivity index (χ0) is 43.7. The Kier molecular flexibility index (Phi) is 10.9. The van der Waals surface area contributed by atoms with E-state index in [9.17, 15) is 20.2 Å². The number of nitrogens with zero attached hydrogens (tertiary/aromatic N) is 10. The summed E-state index contributed by atoms with van der Waals surface area (Å²) < 4.78 is 11.8. The summed E-state index contributed by atoms with van der Waals surface area (Å²) in [5, 5.41) is 57.6. The maximum Gasteiger partial charge on any atom is 0.340 e. The van der Waals surface area contributed by atoms with Gasteiger partial charge in [0.2, 0.25) is 11.4 Å². The number of rotatable bonds is 13. The van der Waals surface area contributed by atoms with Crippen molar-refractivity contribution in [1.29, 1.82) is 10.8 Å².